The normalized spacial score (nSPS) is 31.4. The molecule has 0 saturated carbocycles. The quantitative estimate of drug-likeness (QED) is 0.892. The standard InChI is InChI=1S/C19H21N3/c1-14-18(16-10-6-3-7-11-16)22-17(12-19(14,21)13-20)15-8-4-2-5-9-15/h2-11,14,17-18,22H,12,21H2,1H3/t14-,17+,18+,19+/m1/s1. The van der Waals surface area contributed by atoms with E-state index in [-0.39, 0.29) is 18.0 Å². The van der Waals surface area contributed by atoms with Crippen LogP contribution in [-0.2, 0) is 0 Å². The molecule has 0 bridgehead atoms. The molecule has 0 unspecified atom stereocenters. The van der Waals surface area contributed by atoms with Crippen molar-refractivity contribution < 1.29 is 0 Å². The van der Waals surface area contributed by atoms with E-state index in [0.29, 0.717) is 6.42 Å². The number of nitrogens with two attached hydrogens (primary N) is 1. The molecule has 1 aliphatic heterocycles. The van der Waals surface area contributed by atoms with Gasteiger partial charge in [0.1, 0.15) is 5.54 Å². The lowest BCUT2D eigenvalue weighted by atomic mass is 9.71. The van der Waals surface area contributed by atoms with Crippen LogP contribution in [0.3, 0.4) is 0 Å². The van der Waals surface area contributed by atoms with Gasteiger partial charge in [0.25, 0.3) is 0 Å². The summed E-state index contributed by atoms with van der Waals surface area (Å²) < 4.78 is 0. The number of nitrogens with one attached hydrogen (secondary N) is 1. The van der Waals surface area contributed by atoms with Gasteiger partial charge in [0.2, 0.25) is 0 Å². The van der Waals surface area contributed by atoms with Crippen LogP contribution >= 0.6 is 0 Å². The molecule has 3 nitrogen and oxygen atoms in total. The zero-order chi connectivity index (χ0) is 15.6. The maximum atomic E-state index is 9.65. The van der Waals surface area contributed by atoms with Crippen molar-refractivity contribution in [2.24, 2.45) is 11.7 Å². The maximum Gasteiger partial charge on any atom is 0.110 e. The first-order chi connectivity index (χ1) is 10.6. The summed E-state index contributed by atoms with van der Waals surface area (Å²) in [5, 5.41) is 13.3. The Morgan fingerprint density at radius 1 is 1.05 bits per heavy atom. The van der Waals surface area contributed by atoms with Gasteiger partial charge < -0.3 is 11.1 Å². The van der Waals surface area contributed by atoms with E-state index in [2.05, 4.69) is 42.6 Å². The molecule has 4 atom stereocenters. The van der Waals surface area contributed by atoms with Crippen molar-refractivity contribution in [2.75, 3.05) is 0 Å². The van der Waals surface area contributed by atoms with Gasteiger partial charge in [-0.3, -0.25) is 0 Å². The van der Waals surface area contributed by atoms with E-state index in [0.717, 1.165) is 0 Å². The maximum absolute atomic E-state index is 9.65. The molecule has 1 aliphatic rings. The van der Waals surface area contributed by atoms with Gasteiger partial charge in [-0.05, 0) is 17.5 Å². The van der Waals surface area contributed by atoms with E-state index in [1.165, 1.54) is 11.1 Å². The SMILES string of the molecule is C[C@@H]1[C@@H](c2ccccc2)N[C@H](c2ccccc2)C[C@]1(N)C#N. The highest BCUT2D eigenvalue weighted by atomic mass is 15.0. The molecule has 2 aromatic rings. The Balaban J connectivity index is 1.98. The number of piperidine rings is 1. The topological polar surface area (TPSA) is 61.8 Å². The van der Waals surface area contributed by atoms with Crippen molar-refractivity contribution in [2.45, 2.75) is 31.0 Å². The second-order valence-electron chi connectivity index (χ2n) is 6.16. The Morgan fingerprint density at radius 3 is 2.14 bits per heavy atom. The molecule has 0 aromatic heterocycles. The van der Waals surface area contributed by atoms with Gasteiger partial charge in [-0.15, -0.1) is 0 Å². The molecule has 2 aromatic carbocycles. The molecule has 3 rings (SSSR count). The summed E-state index contributed by atoms with van der Waals surface area (Å²) in [6.45, 7) is 2.06. The molecule has 3 N–H and O–H groups in total. The number of rotatable bonds is 2. The Labute approximate surface area is 131 Å². The summed E-state index contributed by atoms with van der Waals surface area (Å²) in [7, 11) is 0. The van der Waals surface area contributed by atoms with Crippen LogP contribution in [0.1, 0.15) is 36.6 Å². The van der Waals surface area contributed by atoms with E-state index >= 15 is 0 Å². The fraction of sp³-hybridized carbons (Fsp3) is 0.316. The average molecular weight is 291 g/mol. The molecule has 1 fully saturated rings. The van der Waals surface area contributed by atoms with Gasteiger partial charge in [0.15, 0.2) is 0 Å². The van der Waals surface area contributed by atoms with Crippen molar-refractivity contribution in [3.8, 4) is 6.07 Å². The smallest absolute Gasteiger partial charge is 0.110 e. The van der Waals surface area contributed by atoms with Crippen molar-refractivity contribution in [3.63, 3.8) is 0 Å². The Hall–Kier alpha value is -2.15. The van der Waals surface area contributed by atoms with E-state index in [4.69, 9.17) is 5.73 Å². The minimum Gasteiger partial charge on any atom is -0.313 e. The van der Waals surface area contributed by atoms with Crippen molar-refractivity contribution in [1.29, 1.82) is 5.26 Å². The summed E-state index contributed by atoms with van der Waals surface area (Å²) in [6.07, 6.45) is 0.623. The van der Waals surface area contributed by atoms with E-state index in [1.54, 1.807) is 0 Å². The lowest BCUT2D eigenvalue weighted by Crippen LogP contribution is -2.56. The number of hydrogen-bond donors (Lipinski definition) is 2. The molecular weight excluding hydrogens is 270 g/mol. The molecule has 3 heteroatoms. The third kappa shape index (κ3) is 2.64. The lowest BCUT2D eigenvalue weighted by Gasteiger charge is -2.45. The zero-order valence-electron chi connectivity index (χ0n) is 12.7. The lowest BCUT2D eigenvalue weighted by molar-refractivity contribution is 0.170. The second-order valence-corrected chi connectivity index (χ2v) is 6.16. The van der Waals surface area contributed by atoms with E-state index in [9.17, 15) is 5.26 Å². The fourth-order valence-electron chi connectivity index (χ4n) is 3.33. The summed E-state index contributed by atoms with van der Waals surface area (Å²) in [5.74, 6) is 0.0415. The Morgan fingerprint density at radius 2 is 1.59 bits per heavy atom. The summed E-state index contributed by atoms with van der Waals surface area (Å²) in [4.78, 5) is 0. The molecule has 112 valence electrons. The molecule has 0 radical (unpaired) electrons. The Bertz CT molecular complexity index is 662. The molecular formula is C19H21N3. The minimum absolute atomic E-state index is 0.0415. The van der Waals surface area contributed by atoms with Gasteiger partial charge in [0.05, 0.1) is 6.07 Å². The monoisotopic (exact) mass is 291 g/mol. The average Bonchev–Trinajstić information content (AvgIpc) is 2.59. The summed E-state index contributed by atoms with van der Waals surface area (Å²) in [5.41, 5.74) is 7.99. The Kier molecular flexibility index (Phi) is 3.98. The van der Waals surface area contributed by atoms with Crippen LogP contribution in [-0.4, -0.2) is 5.54 Å². The van der Waals surface area contributed by atoms with Crippen molar-refractivity contribution >= 4 is 0 Å². The van der Waals surface area contributed by atoms with Crippen LogP contribution in [0.2, 0.25) is 0 Å². The van der Waals surface area contributed by atoms with Crippen LogP contribution in [0.15, 0.2) is 60.7 Å². The molecule has 1 saturated heterocycles. The van der Waals surface area contributed by atoms with Gasteiger partial charge in [-0.25, -0.2) is 0 Å². The molecule has 0 spiro atoms. The predicted octanol–water partition coefficient (Wildman–Crippen LogP) is 3.32. The summed E-state index contributed by atoms with van der Waals surface area (Å²) >= 11 is 0. The van der Waals surface area contributed by atoms with Gasteiger partial charge >= 0.3 is 0 Å². The molecule has 0 aliphatic carbocycles. The largest absolute Gasteiger partial charge is 0.313 e. The first kappa shape index (κ1) is 14.8. The van der Waals surface area contributed by atoms with Crippen molar-refractivity contribution in [1.82, 2.24) is 5.32 Å². The van der Waals surface area contributed by atoms with Crippen LogP contribution in [0, 0.1) is 17.2 Å². The number of nitriles is 1. The second kappa shape index (κ2) is 5.92. The van der Waals surface area contributed by atoms with Gasteiger partial charge in [0, 0.05) is 18.0 Å². The van der Waals surface area contributed by atoms with Crippen LogP contribution < -0.4 is 11.1 Å². The number of hydrogen-bond acceptors (Lipinski definition) is 3. The van der Waals surface area contributed by atoms with Gasteiger partial charge in [-0.1, -0.05) is 67.6 Å². The van der Waals surface area contributed by atoms with Crippen LogP contribution in [0.4, 0.5) is 0 Å². The highest BCUT2D eigenvalue weighted by Crippen LogP contribution is 2.41. The third-order valence-corrected chi connectivity index (χ3v) is 4.80. The fourth-order valence-corrected chi connectivity index (χ4v) is 3.33. The molecule has 0 amide bonds. The number of nitrogens with zero attached hydrogens (tertiary/aromatic N) is 1. The first-order valence-corrected chi connectivity index (χ1v) is 7.70. The highest BCUT2D eigenvalue weighted by molar-refractivity contribution is 5.29. The van der Waals surface area contributed by atoms with E-state index in [1.807, 2.05) is 36.4 Å². The zero-order valence-corrected chi connectivity index (χ0v) is 12.7. The minimum atomic E-state index is -0.827. The number of benzene rings is 2. The van der Waals surface area contributed by atoms with Crippen LogP contribution in [0.25, 0.3) is 0 Å². The third-order valence-electron chi connectivity index (χ3n) is 4.80. The molecule has 1 heterocycles. The molecule has 22 heavy (non-hydrogen) atoms. The van der Waals surface area contributed by atoms with Gasteiger partial charge in [-0.2, -0.15) is 5.26 Å². The highest BCUT2D eigenvalue weighted by Gasteiger charge is 2.45. The predicted molar refractivity (Wildman–Crippen MR) is 87.8 cm³/mol. The van der Waals surface area contributed by atoms with Crippen LogP contribution in [0.5, 0.6) is 0 Å². The van der Waals surface area contributed by atoms with E-state index < -0.39 is 5.54 Å². The summed E-state index contributed by atoms with van der Waals surface area (Å²) in [6, 6.07) is 23.0. The first-order valence-electron chi connectivity index (χ1n) is 7.70. The van der Waals surface area contributed by atoms with Crippen molar-refractivity contribution in [3.05, 3.63) is 71.8 Å².